The van der Waals surface area contributed by atoms with Crippen molar-refractivity contribution in [3.05, 3.63) is 52.5 Å². The average Bonchev–Trinajstić information content (AvgIpc) is 2.72. The standard InChI is InChI=1S/C11H9NOS.BrH/c13-10(8-11-12-6-7-14-11)9-4-2-1-3-5-9;/h1-7H,8H2;1H. The zero-order valence-electron chi connectivity index (χ0n) is 7.92. The van der Waals surface area contributed by atoms with E-state index in [1.54, 1.807) is 6.20 Å². The van der Waals surface area contributed by atoms with E-state index in [9.17, 15) is 4.79 Å². The Morgan fingerprint density at radius 1 is 1.27 bits per heavy atom. The van der Waals surface area contributed by atoms with Crippen molar-refractivity contribution >= 4 is 34.1 Å². The molecule has 0 spiro atoms. The molecule has 4 heteroatoms. The van der Waals surface area contributed by atoms with Crippen LogP contribution in [0.4, 0.5) is 0 Å². The van der Waals surface area contributed by atoms with Gasteiger partial charge in [0.15, 0.2) is 5.78 Å². The maximum Gasteiger partial charge on any atom is 0.169 e. The van der Waals surface area contributed by atoms with Crippen LogP contribution >= 0.6 is 28.3 Å². The smallest absolute Gasteiger partial charge is 0.169 e. The fraction of sp³-hybridized carbons (Fsp3) is 0.0909. The lowest BCUT2D eigenvalue weighted by molar-refractivity contribution is 0.0993. The third kappa shape index (κ3) is 3.25. The molecular weight excluding hydrogens is 274 g/mol. The molecule has 1 heterocycles. The van der Waals surface area contributed by atoms with Gasteiger partial charge in [-0.3, -0.25) is 4.79 Å². The van der Waals surface area contributed by atoms with Gasteiger partial charge in [-0.25, -0.2) is 4.98 Å². The number of halogens is 1. The Balaban J connectivity index is 0.00000112. The number of hydrogen-bond donors (Lipinski definition) is 0. The molecule has 2 aromatic rings. The number of rotatable bonds is 3. The van der Waals surface area contributed by atoms with Gasteiger partial charge in [0.2, 0.25) is 0 Å². The van der Waals surface area contributed by atoms with Crippen LogP contribution in [0.15, 0.2) is 41.9 Å². The van der Waals surface area contributed by atoms with Crippen molar-refractivity contribution in [3.8, 4) is 0 Å². The molecule has 0 bridgehead atoms. The van der Waals surface area contributed by atoms with Gasteiger partial charge in [0.1, 0.15) is 5.01 Å². The van der Waals surface area contributed by atoms with Gasteiger partial charge in [0, 0.05) is 17.1 Å². The lowest BCUT2D eigenvalue weighted by atomic mass is 10.1. The Kier molecular flexibility index (Phi) is 4.65. The second-order valence-electron chi connectivity index (χ2n) is 2.89. The number of carbonyl (C=O) groups is 1. The topological polar surface area (TPSA) is 30.0 Å². The van der Waals surface area contributed by atoms with E-state index in [1.807, 2.05) is 35.7 Å². The van der Waals surface area contributed by atoms with Crippen molar-refractivity contribution in [1.29, 1.82) is 0 Å². The molecule has 0 radical (unpaired) electrons. The average molecular weight is 284 g/mol. The normalized spacial score (nSPS) is 9.33. The third-order valence-electron chi connectivity index (χ3n) is 1.89. The summed E-state index contributed by atoms with van der Waals surface area (Å²) in [6.07, 6.45) is 2.12. The molecule has 0 N–H and O–H groups in total. The van der Waals surface area contributed by atoms with E-state index in [0.717, 1.165) is 10.6 Å². The van der Waals surface area contributed by atoms with Crippen LogP contribution in [-0.2, 0) is 6.42 Å². The first kappa shape index (κ1) is 12.1. The van der Waals surface area contributed by atoms with Crippen molar-refractivity contribution in [2.45, 2.75) is 6.42 Å². The van der Waals surface area contributed by atoms with Crippen LogP contribution < -0.4 is 0 Å². The van der Waals surface area contributed by atoms with Gasteiger partial charge < -0.3 is 0 Å². The van der Waals surface area contributed by atoms with E-state index < -0.39 is 0 Å². The number of hydrogen-bond acceptors (Lipinski definition) is 3. The van der Waals surface area contributed by atoms with Crippen LogP contribution in [-0.4, -0.2) is 10.8 Å². The van der Waals surface area contributed by atoms with Crippen molar-refractivity contribution in [1.82, 2.24) is 4.98 Å². The predicted molar refractivity (Wildman–Crippen MR) is 66.9 cm³/mol. The monoisotopic (exact) mass is 283 g/mol. The van der Waals surface area contributed by atoms with Gasteiger partial charge in [-0.15, -0.1) is 28.3 Å². The predicted octanol–water partition coefficient (Wildman–Crippen LogP) is 3.15. The highest BCUT2D eigenvalue weighted by Crippen LogP contribution is 2.09. The van der Waals surface area contributed by atoms with E-state index in [0.29, 0.717) is 6.42 Å². The fourth-order valence-corrected chi connectivity index (χ4v) is 1.82. The first-order valence-electron chi connectivity index (χ1n) is 4.33. The molecule has 0 saturated heterocycles. The third-order valence-corrected chi connectivity index (χ3v) is 2.67. The second kappa shape index (κ2) is 5.78. The molecule has 15 heavy (non-hydrogen) atoms. The minimum Gasteiger partial charge on any atom is -0.294 e. The summed E-state index contributed by atoms with van der Waals surface area (Å²) in [4.78, 5) is 15.8. The summed E-state index contributed by atoms with van der Waals surface area (Å²) >= 11 is 1.51. The second-order valence-corrected chi connectivity index (χ2v) is 3.87. The lowest BCUT2D eigenvalue weighted by Crippen LogP contribution is -2.02. The summed E-state index contributed by atoms with van der Waals surface area (Å²) in [7, 11) is 0. The Morgan fingerprint density at radius 2 is 2.00 bits per heavy atom. The summed E-state index contributed by atoms with van der Waals surface area (Å²) < 4.78 is 0. The van der Waals surface area contributed by atoms with E-state index in [2.05, 4.69) is 4.98 Å². The molecule has 1 aromatic heterocycles. The van der Waals surface area contributed by atoms with Crippen LogP contribution in [0.3, 0.4) is 0 Å². The van der Waals surface area contributed by atoms with Crippen LogP contribution in [0.2, 0.25) is 0 Å². The highest BCUT2D eigenvalue weighted by molar-refractivity contribution is 8.93. The molecule has 0 amide bonds. The Bertz CT molecular complexity index is 413. The molecule has 0 unspecified atom stereocenters. The largest absolute Gasteiger partial charge is 0.294 e. The molecule has 0 atom stereocenters. The maximum absolute atomic E-state index is 11.7. The van der Waals surface area contributed by atoms with Crippen molar-refractivity contribution < 1.29 is 4.79 Å². The molecular formula is C11H10BrNOS. The zero-order chi connectivity index (χ0) is 9.80. The molecule has 0 aliphatic heterocycles. The number of thiazole rings is 1. The SMILES string of the molecule is Br.O=C(Cc1nccs1)c1ccccc1. The molecule has 2 nitrogen and oxygen atoms in total. The molecule has 78 valence electrons. The van der Waals surface area contributed by atoms with E-state index >= 15 is 0 Å². The fourth-order valence-electron chi connectivity index (χ4n) is 1.20. The minimum atomic E-state index is 0. The maximum atomic E-state index is 11.7. The van der Waals surface area contributed by atoms with Crippen molar-refractivity contribution in [2.24, 2.45) is 0 Å². The molecule has 1 aromatic carbocycles. The molecule has 0 fully saturated rings. The Labute approximate surface area is 103 Å². The molecule has 0 aliphatic rings. The first-order chi connectivity index (χ1) is 6.86. The number of Topliss-reactive ketones (excluding diaryl/α,β-unsaturated/α-hetero) is 1. The highest BCUT2D eigenvalue weighted by atomic mass is 79.9. The molecule has 0 saturated carbocycles. The van der Waals surface area contributed by atoms with E-state index in [4.69, 9.17) is 0 Å². The van der Waals surface area contributed by atoms with Crippen LogP contribution in [0, 0.1) is 0 Å². The number of aromatic nitrogens is 1. The van der Waals surface area contributed by atoms with Crippen LogP contribution in [0.1, 0.15) is 15.4 Å². The summed E-state index contributed by atoms with van der Waals surface area (Å²) in [5.41, 5.74) is 0.752. The lowest BCUT2D eigenvalue weighted by Gasteiger charge is -1.96. The van der Waals surface area contributed by atoms with Gasteiger partial charge in [-0.2, -0.15) is 0 Å². The van der Waals surface area contributed by atoms with E-state index in [1.165, 1.54) is 11.3 Å². The number of benzene rings is 1. The van der Waals surface area contributed by atoms with E-state index in [-0.39, 0.29) is 22.8 Å². The van der Waals surface area contributed by atoms with Gasteiger partial charge in [-0.05, 0) is 0 Å². The first-order valence-corrected chi connectivity index (χ1v) is 5.21. The van der Waals surface area contributed by atoms with Crippen molar-refractivity contribution in [2.75, 3.05) is 0 Å². The molecule has 0 aliphatic carbocycles. The van der Waals surface area contributed by atoms with Crippen LogP contribution in [0.25, 0.3) is 0 Å². The summed E-state index contributed by atoms with van der Waals surface area (Å²) in [5, 5.41) is 2.76. The Hall–Kier alpha value is -1.00. The van der Waals surface area contributed by atoms with Gasteiger partial charge in [-0.1, -0.05) is 30.3 Å². The minimum absolute atomic E-state index is 0. The number of carbonyl (C=O) groups excluding carboxylic acids is 1. The summed E-state index contributed by atoms with van der Waals surface area (Å²) in [5.74, 6) is 0.126. The van der Waals surface area contributed by atoms with Gasteiger partial charge in [0.25, 0.3) is 0 Å². The Morgan fingerprint density at radius 3 is 2.60 bits per heavy atom. The summed E-state index contributed by atoms with van der Waals surface area (Å²) in [6, 6.07) is 9.30. The molecule has 2 rings (SSSR count). The zero-order valence-corrected chi connectivity index (χ0v) is 10.5. The van der Waals surface area contributed by atoms with Gasteiger partial charge >= 0.3 is 0 Å². The van der Waals surface area contributed by atoms with Gasteiger partial charge in [0.05, 0.1) is 6.42 Å². The van der Waals surface area contributed by atoms with Crippen molar-refractivity contribution in [3.63, 3.8) is 0 Å². The number of ketones is 1. The number of nitrogens with zero attached hydrogens (tertiary/aromatic N) is 1. The summed E-state index contributed by atoms with van der Waals surface area (Å²) in [6.45, 7) is 0. The highest BCUT2D eigenvalue weighted by Gasteiger charge is 2.07. The van der Waals surface area contributed by atoms with Crippen LogP contribution in [0.5, 0.6) is 0 Å². The quantitative estimate of drug-likeness (QED) is 0.810.